The van der Waals surface area contributed by atoms with Gasteiger partial charge < -0.3 is 15.7 Å². The predicted molar refractivity (Wildman–Crippen MR) is 95.3 cm³/mol. The van der Waals surface area contributed by atoms with Gasteiger partial charge in [-0.25, -0.2) is 9.37 Å². The highest BCUT2D eigenvalue weighted by molar-refractivity contribution is 5.68. The second-order valence-electron chi connectivity index (χ2n) is 5.39. The van der Waals surface area contributed by atoms with Gasteiger partial charge in [-0.2, -0.15) is 4.98 Å². The van der Waals surface area contributed by atoms with Crippen LogP contribution >= 0.6 is 0 Å². The number of anilines is 3. The first-order valence-corrected chi connectivity index (χ1v) is 7.83. The zero-order chi connectivity index (χ0) is 17.6. The highest BCUT2D eigenvalue weighted by Gasteiger charge is 2.09. The maximum atomic E-state index is 13.8. The molecule has 0 bridgehead atoms. The van der Waals surface area contributed by atoms with Crippen LogP contribution in [0.2, 0.25) is 0 Å². The molecule has 0 amide bonds. The van der Waals surface area contributed by atoms with E-state index in [1.807, 2.05) is 12.1 Å². The molecule has 0 atom stereocenters. The van der Waals surface area contributed by atoms with E-state index >= 15 is 0 Å². The molecule has 0 aliphatic carbocycles. The third kappa shape index (κ3) is 4.07. The van der Waals surface area contributed by atoms with Gasteiger partial charge in [-0.15, -0.1) is 0 Å². The van der Waals surface area contributed by atoms with Gasteiger partial charge in [0.25, 0.3) is 0 Å². The standard InChI is InChI=1S/C18H18FN5O/c1-12-14(19)3-2-4-15(12)22-17-11-16(13-5-7-20-8-6-13)23-18(24-17)21-9-10-25/h2-8,11,25H,9-10H2,1H3,(H2,21,22,23,24). The fraction of sp³-hybridized carbons (Fsp3) is 0.167. The average molecular weight is 339 g/mol. The Morgan fingerprint density at radius 1 is 1.12 bits per heavy atom. The minimum Gasteiger partial charge on any atom is -0.395 e. The Morgan fingerprint density at radius 3 is 2.68 bits per heavy atom. The van der Waals surface area contributed by atoms with Crippen LogP contribution in [0.5, 0.6) is 0 Å². The fourth-order valence-electron chi connectivity index (χ4n) is 2.31. The maximum absolute atomic E-state index is 13.8. The summed E-state index contributed by atoms with van der Waals surface area (Å²) >= 11 is 0. The van der Waals surface area contributed by atoms with Crippen molar-refractivity contribution >= 4 is 17.5 Å². The quantitative estimate of drug-likeness (QED) is 0.640. The van der Waals surface area contributed by atoms with Gasteiger partial charge in [-0.3, -0.25) is 4.98 Å². The lowest BCUT2D eigenvalue weighted by Crippen LogP contribution is -2.10. The van der Waals surface area contributed by atoms with Gasteiger partial charge in [0.15, 0.2) is 0 Å². The van der Waals surface area contributed by atoms with Crippen LogP contribution in [-0.2, 0) is 0 Å². The SMILES string of the molecule is Cc1c(F)cccc1Nc1cc(-c2ccncc2)nc(NCCO)n1. The number of pyridine rings is 1. The normalized spacial score (nSPS) is 10.5. The van der Waals surface area contributed by atoms with Crippen molar-refractivity contribution in [1.29, 1.82) is 0 Å². The van der Waals surface area contributed by atoms with Crippen molar-refractivity contribution in [3.63, 3.8) is 0 Å². The molecule has 0 fully saturated rings. The van der Waals surface area contributed by atoms with Gasteiger partial charge in [0.05, 0.1) is 12.3 Å². The molecule has 0 saturated carbocycles. The van der Waals surface area contributed by atoms with E-state index in [9.17, 15) is 4.39 Å². The van der Waals surface area contributed by atoms with Crippen molar-refractivity contribution in [3.8, 4) is 11.3 Å². The van der Waals surface area contributed by atoms with Crippen molar-refractivity contribution in [1.82, 2.24) is 15.0 Å². The highest BCUT2D eigenvalue weighted by atomic mass is 19.1. The molecule has 0 radical (unpaired) electrons. The molecule has 2 aromatic heterocycles. The van der Waals surface area contributed by atoms with Crippen molar-refractivity contribution in [2.45, 2.75) is 6.92 Å². The Hall–Kier alpha value is -3.06. The molecule has 7 heteroatoms. The summed E-state index contributed by atoms with van der Waals surface area (Å²) in [5, 5.41) is 15.1. The van der Waals surface area contributed by atoms with Gasteiger partial charge in [0.1, 0.15) is 11.6 Å². The summed E-state index contributed by atoms with van der Waals surface area (Å²) in [4.78, 5) is 12.8. The molecule has 0 spiro atoms. The molecule has 2 heterocycles. The number of aliphatic hydroxyl groups excluding tert-OH is 1. The first-order chi connectivity index (χ1) is 12.2. The van der Waals surface area contributed by atoms with E-state index in [1.165, 1.54) is 6.07 Å². The van der Waals surface area contributed by atoms with Gasteiger partial charge in [0, 0.05) is 41.8 Å². The predicted octanol–water partition coefficient (Wildman–Crippen LogP) is 3.13. The molecule has 0 aliphatic heterocycles. The third-order valence-corrected chi connectivity index (χ3v) is 3.63. The Balaban J connectivity index is 1.98. The molecular weight excluding hydrogens is 321 g/mol. The zero-order valence-corrected chi connectivity index (χ0v) is 13.7. The molecule has 3 N–H and O–H groups in total. The second kappa shape index (κ2) is 7.67. The molecular formula is C18H18FN5O. The summed E-state index contributed by atoms with van der Waals surface area (Å²) in [7, 11) is 0. The number of aliphatic hydroxyl groups is 1. The van der Waals surface area contributed by atoms with E-state index in [2.05, 4.69) is 25.6 Å². The van der Waals surface area contributed by atoms with Gasteiger partial charge >= 0.3 is 0 Å². The highest BCUT2D eigenvalue weighted by Crippen LogP contribution is 2.25. The van der Waals surface area contributed by atoms with Crippen LogP contribution in [0.25, 0.3) is 11.3 Å². The molecule has 3 aromatic rings. The zero-order valence-electron chi connectivity index (χ0n) is 13.7. The number of aromatic nitrogens is 3. The molecule has 25 heavy (non-hydrogen) atoms. The summed E-state index contributed by atoms with van der Waals surface area (Å²) in [6.07, 6.45) is 3.37. The monoisotopic (exact) mass is 339 g/mol. The van der Waals surface area contributed by atoms with Crippen LogP contribution in [-0.4, -0.2) is 33.2 Å². The lowest BCUT2D eigenvalue weighted by molar-refractivity contribution is 0.311. The molecule has 128 valence electrons. The summed E-state index contributed by atoms with van der Waals surface area (Å²) in [5.41, 5.74) is 2.71. The fourth-order valence-corrected chi connectivity index (χ4v) is 2.31. The first-order valence-electron chi connectivity index (χ1n) is 7.83. The van der Waals surface area contributed by atoms with E-state index in [0.717, 1.165) is 5.56 Å². The minimum atomic E-state index is -0.285. The minimum absolute atomic E-state index is 0.0331. The lowest BCUT2D eigenvalue weighted by atomic mass is 10.1. The average Bonchev–Trinajstić information content (AvgIpc) is 2.64. The molecule has 0 saturated heterocycles. The smallest absolute Gasteiger partial charge is 0.225 e. The summed E-state index contributed by atoms with van der Waals surface area (Å²) in [6.45, 7) is 2.00. The van der Waals surface area contributed by atoms with Crippen molar-refractivity contribution in [2.24, 2.45) is 0 Å². The van der Waals surface area contributed by atoms with Gasteiger partial charge in [-0.1, -0.05) is 6.07 Å². The summed E-state index contributed by atoms with van der Waals surface area (Å²) in [5.74, 6) is 0.614. The lowest BCUT2D eigenvalue weighted by Gasteiger charge is -2.12. The van der Waals surface area contributed by atoms with E-state index in [0.29, 0.717) is 35.3 Å². The van der Waals surface area contributed by atoms with Crippen molar-refractivity contribution < 1.29 is 9.50 Å². The molecule has 0 unspecified atom stereocenters. The van der Waals surface area contributed by atoms with Crippen molar-refractivity contribution in [2.75, 3.05) is 23.8 Å². The topological polar surface area (TPSA) is 83.0 Å². The van der Waals surface area contributed by atoms with E-state index in [4.69, 9.17) is 5.11 Å². The van der Waals surface area contributed by atoms with Crippen LogP contribution in [0.3, 0.4) is 0 Å². The van der Waals surface area contributed by atoms with E-state index < -0.39 is 0 Å². The number of nitrogens with one attached hydrogen (secondary N) is 2. The molecule has 3 rings (SSSR count). The van der Waals surface area contributed by atoms with Crippen LogP contribution in [0.15, 0.2) is 48.8 Å². The number of hydrogen-bond acceptors (Lipinski definition) is 6. The molecule has 0 aliphatic rings. The van der Waals surface area contributed by atoms with E-state index in [-0.39, 0.29) is 12.4 Å². The second-order valence-corrected chi connectivity index (χ2v) is 5.39. The Bertz CT molecular complexity index is 857. The Kier molecular flexibility index (Phi) is 5.15. The number of benzene rings is 1. The molecule has 1 aromatic carbocycles. The third-order valence-electron chi connectivity index (χ3n) is 3.63. The Labute approximate surface area is 144 Å². The van der Waals surface area contributed by atoms with Gasteiger partial charge in [-0.05, 0) is 31.2 Å². The van der Waals surface area contributed by atoms with E-state index in [1.54, 1.807) is 37.5 Å². The number of rotatable bonds is 6. The number of nitrogens with zero attached hydrogens (tertiary/aromatic N) is 3. The van der Waals surface area contributed by atoms with Crippen LogP contribution in [0.1, 0.15) is 5.56 Å². The Morgan fingerprint density at radius 2 is 1.92 bits per heavy atom. The molecule has 6 nitrogen and oxygen atoms in total. The maximum Gasteiger partial charge on any atom is 0.225 e. The number of hydrogen-bond donors (Lipinski definition) is 3. The van der Waals surface area contributed by atoms with Gasteiger partial charge in [0.2, 0.25) is 5.95 Å². The van der Waals surface area contributed by atoms with Crippen molar-refractivity contribution in [3.05, 3.63) is 60.2 Å². The van der Waals surface area contributed by atoms with Crippen LogP contribution in [0.4, 0.5) is 21.8 Å². The number of halogens is 1. The summed E-state index contributed by atoms with van der Waals surface area (Å²) in [6, 6.07) is 10.3. The van der Waals surface area contributed by atoms with Crippen LogP contribution < -0.4 is 10.6 Å². The van der Waals surface area contributed by atoms with Crippen LogP contribution in [0, 0.1) is 12.7 Å². The summed E-state index contributed by atoms with van der Waals surface area (Å²) < 4.78 is 13.8. The largest absolute Gasteiger partial charge is 0.395 e. The first kappa shape index (κ1) is 16.8.